The predicted octanol–water partition coefficient (Wildman–Crippen LogP) is 10.4. The summed E-state index contributed by atoms with van der Waals surface area (Å²) in [7, 11) is 9.14. The number of carbonyl (C=O) groups is 7. The summed E-state index contributed by atoms with van der Waals surface area (Å²) >= 11 is 0. The van der Waals surface area contributed by atoms with Crippen LogP contribution in [-0.2, 0) is 131 Å². The van der Waals surface area contributed by atoms with Crippen LogP contribution in [-0.4, -0.2) is 261 Å². The van der Waals surface area contributed by atoms with Crippen molar-refractivity contribution in [1.29, 1.82) is 0 Å². The summed E-state index contributed by atoms with van der Waals surface area (Å²) in [5.41, 5.74) is 3.57. The largest absolute Gasteiger partial charge is 0.469 e. The average Bonchev–Trinajstić information content (AvgIpc) is 1.75. The predicted molar refractivity (Wildman–Crippen MR) is 428 cm³/mol. The average molecular weight is 1700 g/mol. The molecule has 6 spiro atoms. The SMILES string of the molecule is C1CCOC1.CN(C)S(=O)(=O)Cl.CO.COC(=O)C=C1CCC2(CC1)OCCO2.COC(=O)CC1CCC2(CC1)OCCO2.COC(=O)CC=O.O=C1CCC(Cc2cnc[nH]2)CC1.O=C1CCC2(CC1)OCCO2.O=CCC1CCC2(CC1)OCCO2.OCCC1CCC2(CC1)OCCO2.c1ncc(CC2CCC3(CC2)OCCO3)[nH]1. The monoisotopic (exact) mass is 1700 g/mol. The third-order valence-electron chi connectivity index (χ3n) is 23.3. The van der Waals surface area contributed by atoms with Gasteiger partial charge in [0.05, 0.1) is 113 Å². The van der Waals surface area contributed by atoms with E-state index in [2.05, 4.69) is 34.1 Å². The minimum Gasteiger partial charge on any atom is -0.469 e. The molecule has 0 aromatic carbocycles. The van der Waals surface area contributed by atoms with Crippen molar-refractivity contribution >= 4 is 62.0 Å². The Kier molecular flexibility index (Phi) is 46.8. The lowest BCUT2D eigenvalue weighted by Crippen LogP contribution is -2.35. The number of halogens is 1. The Hall–Kier alpha value is -5.15. The van der Waals surface area contributed by atoms with Crippen LogP contribution in [0.15, 0.2) is 36.7 Å². The van der Waals surface area contributed by atoms with Gasteiger partial charge in [-0.3, -0.25) is 19.2 Å². The minimum absolute atomic E-state index is 0.107. The van der Waals surface area contributed by atoms with Gasteiger partial charge in [0.15, 0.2) is 34.7 Å². The van der Waals surface area contributed by atoms with Crippen molar-refractivity contribution in [2.24, 2.45) is 29.6 Å². The second-order valence-electron chi connectivity index (χ2n) is 31.5. The molecule has 117 heavy (non-hydrogen) atoms. The van der Waals surface area contributed by atoms with Crippen molar-refractivity contribution in [3.05, 3.63) is 48.1 Å². The van der Waals surface area contributed by atoms with E-state index < -0.39 is 15.2 Å². The van der Waals surface area contributed by atoms with Gasteiger partial charge in [0, 0.05) is 197 Å². The molecule has 7 aliphatic heterocycles. The molecule has 14 fully saturated rings. The molecule has 0 unspecified atom stereocenters. The molecule has 16 rings (SSSR count). The number of hydrogen-bond acceptors (Lipinski definition) is 29. The first-order chi connectivity index (χ1) is 56.4. The Bertz CT molecular complexity index is 3170. The number of aromatic nitrogens is 4. The molecule has 2 aromatic rings. The number of carbonyl (C=O) groups excluding carboxylic acids is 7. The number of Topliss-reactive ketones (excluding diaryl/α,β-unsaturated/α-hetero) is 2. The van der Waals surface area contributed by atoms with Gasteiger partial charge in [-0.15, -0.1) is 0 Å². The zero-order valence-electron chi connectivity index (χ0n) is 70.2. The standard InChI is InChI=1S/C12H18N2O2.C11H18O4.C11H16O4.C10H14N2O.C10H18O3.C10H16O3.C8H12O3.C4H6O3.C4H8O.C2H6ClNO2S.CH4O/c1-3-12(15-5-6-16-12)4-2-10(1)7-11-8-13-9-14-11;2*1-13-10(12)8-9-2-4-11(5-3-9)14-6-7-15-11;13-10-3-1-8(2-4-10)5-9-6-11-7-12-9;2*11-6-3-9-1-4-10(5-2-9)12-7-8-13-10;9-7-1-3-8(4-2-7)10-5-6-11-8;1-7-4(6)2-3-5;1-2-4-5-3-1;1-4(2)7(3,5)6;1-2/h8-10H,1-7H2,(H,13,14);9H,2-8H2,1H3;8H,2-7H2,1H3;6-8H,1-5H2,(H,11,12);9,11H,1-8H2;6,9H,1-5,7-8H2;1-6H2;3H,2H2,1H3;1-4H2;1-2H3;2H,1H3. The first-order valence-corrected chi connectivity index (χ1v) is 44.4. The number of methoxy groups -OCH3 is 3. The summed E-state index contributed by atoms with van der Waals surface area (Å²) in [5, 5.41) is 15.8. The second kappa shape index (κ2) is 54.4. The molecule has 668 valence electrons. The molecule has 4 N–H and O–H groups in total. The third kappa shape index (κ3) is 37.6. The number of nitrogens with one attached hydrogen (secondary N) is 2. The number of nitrogens with zero attached hydrogens (tertiary/aromatic N) is 3. The summed E-state index contributed by atoms with van der Waals surface area (Å²) in [6.45, 7) is 11.0. The molecule has 7 saturated carbocycles. The number of aliphatic hydroxyl groups excluding tert-OH is 2. The lowest BCUT2D eigenvalue weighted by molar-refractivity contribution is -0.184. The van der Waals surface area contributed by atoms with Gasteiger partial charge < -0.3 is 106 Å². The Balaban J connectivity index is 0.000000204. The number of ether oxygens (including phenoxy) is 16. The van der Waals surface area contributed by atoms with Crippen molar-refractivity contribution in [2.45, 2.75) is 266 Å². The summed E-state index contributed by atoms with van der Waals surface area (Å²) < 4.78 is 107. The number of hydrogen-bond donors (Lipinski definition) is 4. The van der Waals surface area contributed by atoms with E-state index in [1.54, 1.807) is 18.7 Å². The molecule has 34 heteroatoms. The third-order valence-corrected chi connectivity index (χ3v) is 25.0. The highest BCUT2D eigenvalue weighted by molar-refractivity contribution is 8.11. The van der Waals surface area contributed by atoms with Crippen molar-refractivity contribution in [2.75, 3.05) is 142 Å². The highest BCUT2D eigenvalue weighted by Crippen LogP contribution is 2.44. The maximum Gasteiger partial charge on any atom is 0.330 e. The lowest BCUT2D eigenvalue weighted by Gasteiger charge is -2.35. The van der Waals surface area contributed by atoms with Crippen LogP contribution < -0.4 is 0 Å². The van der Waals surface area contributed by atoms with Crippen LogP contribution in [0.2, 0.25) is 0 Å². The van der Waals surface area contributed by atoms with E-state index in [0.717, 1.165) is 255 Å². The molecule has 32 nitrogen and oxygen atoms in total. The zero-order valence-corrected chi connectivity index (χ0v) is 71.8. The van der Waals surface area contributed by atoms with Gasteiger partial charge in [-0.1, -0.05) is 5.57 Å². The maximum atomic E-state index is 11.1. The fourth-order valence-corrected chi connectivity index (χ4v) is 16.3. The number of rotatable bonds is 14. The Labute approximate surface area is 696 Å². The minimum atomic E-state index is -3.44. The molecule has 0 bridgehead atoms. The van der Waals surface area contributed by atoms with E-state index in [-0.39, 0.29) is 53.1 Å². The van der Waals surface area contributed by atoms with E-state index in [1.165, 1.54) is 72.5 Å². The van der Waals surface area contributed by atoms with Gasteiger partial charge in [-0.25, -0.2) is 14.8 Å². The number of esters is 3. The van der Waals surface area contributed by atoms with Crippen molar-refractivity contribution in [3.8, 4) is 0 Å². The summed E-state index contributed by atoms with van der Waals surface area (Å²) in [5.74, 6) is 1.28. The maximum absolute atomic E-state index is 11.1. The molecule has 0 amide bonds. The fourth-order valence-electron chi connectivity index (χ4n) is 16.3. The first kappa shape index (κ1) is 101. The number of H-pyrrole nitrogens is 2. The smallest absolute Gasteiger partial charge is 0.330 e. The van der Waals surface area contributed by atoms with Crippen molar-refractivity contribution < 1.29 is 128 Å². The fraction of sp³-hybridized carbons (Fsp3) is 0.819. The van der Waals surface area contributed by atoms with E-state index in [1.807, 2.05) is 12.4 Å². The van der Waals surface area contributed by atoms with Crippen molar-refractivity contribution in [3.63, 3.8) is 0 Å². The molecule has 0 atom stereocenters. The first-order valence-electron chi connectivity index (χ1n) is 42.1. The highest BCUT2D eigenvalue weighted by Gasteiger charge is 2.45. The Morgan fingerprint density at radius 3 is 1.11 bits per heavy atom. The van der Waals surface area contributed by atoms with E-state index in [0.29, 0.717) is 113 Å². The molecule has 9 heterocycles. The molecule has 0 radical (unpaired) electrons. The van der Waals surface area contributed by atoms with Crippen LogP contribution in [0.25, 0.3) is 0 Å². The van der Waals surface area contributed by atoms with Crippen LogP contribution in [0.4, 0.5) is 0 Å². The van der Waals surface area contributed by atoms with Gasteiger partial charge in [0.25, 0.3) is 9.24 Å². The quantitative estimate of drug-likeness (QED) is 0.0341. The molecular weight excluding hydrogens is 1570 g/mol. The zero-order chi connectivity index (χ0) is 84.7. The number of aliphatic hydroxyl groups is 2. The Morgan fingerprint density at radius 1 is 0.479 bits per heavy atom. The van der Waals surface area contributed by atoms with Gasteiger partial charge in [0.1, 0.15) is 30.6 Å². The summed E-state index contributed by atoms with van der Waals surface area (Å²) in [6.07, 6.45) is 43.6. The highest BCUT2D eigenvalue weighted by atomic mass is 35.7. The second-order valence-corrected chi connectivity index (χ2v) is 34.2. The molecule has 7 saturated heterocycles. The molecule has 14 aliphatic rings. The normalized spacial score (nSPS) is 25.2. The molecule has 7 aliphatic carbocycles. The van der Waals surface area contributed by atoms with Crippen LogP contribution in [0.1, 0.15) is 230 Å². The Morgan fingerprint density at radius 2 is 0.812 bits per heavy atom. The molecular formula is C83H136ClN5O27S. The van der Waals surface area contributed by atoms with Gasteiger partial charge in [0.2, 0.25) is 0 Å². The number of allylic oxidation sites excluding steroid dienone is 1. The van der Waals surface area contributed by atoms with Gasteiger partial charge >= 0.3 is 17.9 Å². The van der Waals surface area contributed by atoms with Crippen LogP contribution >= 0.6 is 10.7 Å². The summed E-state index contributed by atoms with van der Waals surface area (Å²) in [6, 6.07) is 0. The summed E-state index contributed by atoms with van der Waals surface area (Å²) in [4.78, 5) is 88.1. The number of ketones is 2. The molecule has 2 aromatic heterocycles. The topological polar surface area (TPSA) is 402 Å². The van der Waals surface area contributed by atoms with E-state index in [9.17, 15) is 42.0 Å². The van der Waals surface area contributed by atoms with Crippen molar-refractivity contribution in [1.82, 2.24) is 24.2 Å². The van der Waals surface area contributed by atoms with Gasteiger partial charge in [-0.2, -0.15) is 12.7 Å². The van der Waals surface area contributed by atoms with Gasteiger partial charge in [-0.05, 0) is 139 Å². The van der Waals surface area contributed by atoms with E-state index >= 15 is 0 Å². The van der Waals surface area contributed by atoms with Crippen LogP contribution in [0, 0.1) is 29.6 Å². The lowest BCUT2D eigenvalue weighted by atomic mass is 9.83. The van der Waals surface area contributed by atoms with Crippen LogP contribution in [0.3, 0.4) is 0 Å². The number of imidazole rings is 2. The van der Waals surface area contributed by atoms with E-state index in [4.69, 9.17) is 82.5 Å². The number of aromatic amines is 2. The van der Waals surface area contributed by atoms with Crippen LogP contribution in [0.5, 0.6) is 0 Å². The number of aldehydes is 2.